The van der Waals surface area contributed by atoms with Gasteiger partial charge in [0, 0.05) is 5.56 Å². The molecular formula is C18H18N2O4. The molecular weight excluding hydrogens is 308 g/mol. The molecule has 2 N–H and O–H groups in total. The minimum Gasteiger partial charge on any atom is -0.493 e. The molecule has 6 nitrogen and oxygen atoms in total. The fraction of sp³-hybridized carbons (Fsp3) is 0.111. The van der Waals surface area contributed by atoms with E-state index in [1.165, 1.54) is 12.1 Å². The van der Waals surface area contributed by atoms with Crippen molar-refractivity contribution in [2.75, 3.05) is 19.1 Å². The van der Waals surface area contributed by atoms with E-state index in [9.17, 15) is 4.79 Å². The minimum atomic E-state index is -0.967. The maximum absolute atomic E-state index is 10.8. The summed E-state index contributed by atoms with van der Waals surface area (Å²) >= 11 is 0. The predicted octanol–water partition coefficient (Wildman–Crippen LogP) is 3.40. The summed E-state index contributed by atoms with van der Waals surface area (Å²) in [6.45, 7) is 3.98. The number of hydrazone groups is 1. The Morgan fingerprint density at radius 2 is 2.04 bits per heavy atom. The Morgan fingerprint density at radius 1 is 1.29 bits per heavy atom. The largest absolute Gasteiger partial charge is 0.493 e. The zero-order chi connectivity index (χ0) is 17.4. The number of carboxylic acids is 1. The van der Waals surface area contributed by atoms with Crippen LogP contribution >= 0.6 is 0 Å². The van der Waals surface area contributed by atoms with Crippen LogP contribution in [0.25, 0.3) is 0 Å². The summed E-state index contributed by atoms with van der Waals surface area (Å²) in [6.07, 6.45) is 3.25. The molecule has 0 aromatic heterocycles. The van der Waals surface area contributed by atoms with E-state index in [4.69, 9.17) is 14.6 Å². The molecule has 0 fully saturated rings. The SMILES string of the molecule is C=CCOc1c(/C=N/Nc2ccc(C(=O)O)cc2)cccc1OC. The maximum atomic E-state index is 10.8. The number of nitrogens with one attached hydrogen (secondary N) is 1. The minimum absolute atomic E-state index is 0.220. The van der Waals surface area contributed by atoms with Gasteiger partial charge in [0.25, 0.3) is 0 Å². The van der Waals surface area contributed by atoms with Crippen LogP contribution in [0.4, 0.5) is 5.69 Å². The quantitative estimate of drug-likeness (QED) is 0.441. The summed E-state index contributed by atoms with van der Waals surface area (Å²) in [5.41, 5.74) is 4.48. The number of hydrogen-bond acceptors (Lipinski definition) is 5. The second kappa shape index (κ2) is 8.38. The fourth-order valence-electron chi connectivity index (χ4n) is 1.96. The van der Waals surface area contributed by atoms with E-state index in [1.54, 1.807) is 37.6 Å². The van der Waals surface area contributed by atoms with E-state index in [2.05, 4.69) is 17.1 Å². The molecule has 24 heavy (non-hydrogen) atoms. The highest BCUT2D eigenvalue weighted by molar-refractivity contribution is 5.88. The van der Waals surface area contributed by atoms with Crippen molar-refractivity contribution in [3.63, 3.8) is 0 Å². The van der Waals surface area contributed by atoms with E-state index >= 15 is 0 Å². The lowest BCUT2D eigenvalue weighted by molar-refractivity contribution is 0.0697. The van der Waals surface area contributed by atoms with Crippen molar-refractivity contribution < 1.29 is 19.4 Å². The van der Waals surface area contributed by atoms with Gasteiger partial charge in [0.15, 0.2) is 11.5 Å². The van der Waals surface area contributed by atoms with E-state index < -0.39 is 5.97 Å². The Morgan fingerprint density at radius 3 is 2.67 bits per heavy atom. The van der Waals surface area contributed by atoms with Crippen molar-refractivity contribution in [2.24, 2.45) is 5.10 Å². The summed E-state index contributed by atoms with van der Waals surface area (Å²) in [4.78, 5) is 10.8. The van der Waals surface area contributed by atoms with Crippen LogP contribution in [-0.2, 0) is 0 Å². The Hall–Kier alpha value is -3.28. The number of benzene rings is 2. The number of carbonyl (C=O) groups is 1. The lowest BCUT2D eigenvalue weighted by Crippen LogP contribution is -2.01. The first-order valence-corrected chi connectivity index (χ1v) is 7.19. The summed E-state index contributed by atoms with van der Waals surface area (Å²) in [6, 6.07) is 11.8. The van der Waals surface area contributed by atoms with Gasteiger partial charge in [-0.1, -0.05) is 18.7 Å². The topological polar surface area (TPSA) is 80.2 Å². The first-order chi connectivity index (χ1) is 11.7. The van der Waals surface area contributed by atoms with Crippen LogP contribution < -0.4 is 14.9 Å². The van der Waals surface area contributed by atoms with Crippen LogP contribution in [-0.4, -0.2) is 31.0 Å². The highest BCUT2D eigenvalue weighted by Crippen LogP contribution is 2.30. The third kappa shape index (κ3) is 4.36. The van der Waals surface area contributed by atoms with Crippen LogP contribution in [0, 0.1) is 0 Å². The Bertz CT molecular complexity index is 739. The molecule has 0 radical (unpaired) electrons. The number of hydrogen-bond donors (Lipinski definition) is 2. The summed E-state index contributed by atoms with van der Waals surface area (Å²) in [7, 11) is 1.57. The molecule has 2 rings (SSSR count). The number of carboxylic acid groups (broad SMARTS) is 1. The van der Waals surface area contributed by atoms with Crippen molar-refractivity contribution in [3.8, 4) is 11.5 Å². The number of rotatable bonds is 8. The number of anilines is 1. The molecule has 0 unspecified atom stereocenters. The van der Waals surface area contributed by atoms with Gasteiger partial charge in [-0.15, -0.1) is 0 Å². The zero-order valence-electron chi connectivity index (χ0n) is 13.2. The Labute approximate surface area is 140 Å². The third-order valence-electron chi connectivity index (χ3n) is 3.10. The van der Waals surface area contributed by atoms with Crippen molar-refractivity contribution in [3.05, 3.63) is 66.2 Å². The lowest BCUT2D eigenvalue weighted by atomic mass is 10.2. The smallest absolute Gasteiger partial charge is 0.335 e. The average molecular weight is 326 g/mol. The van der Waals surface area contributed by atoms with Gasteiger partial charge in [0.2, 0.25) is 0 Å². The van der Waals surface area contributed by atoms with Crippen LogP contribution in [0.15, 0.2) is 60.2 Å². The van der Waals surface area contributed by atoms with E-state index in [-0.39, 0.29) is 5.56 Å². The number of nitrogens with zero attached hydrogens (tertiary/aromatic N) is 1. The van der Waals surface area contributed by atoms with Gasteiger partial charge in [0.05, 0.1) is 24.6 Å². The molecule has 0 heterocycles. The molecule has 0 aliphatic rings. The van der Waals surface area contributed by atoms with Crippen molar-refractivity contribution in [1.29, 1.82) is 0 Å². The first-order valence-electron chi connectivity index (χ1n) is 7.19. The van der Waals surface area contributed by atoms with Gasteiger partial charge >= 0.3 is 5.97 Å². The average Bonchev–Trinajstić information content (AvgIpc) is 2.60. The summed E-state index contributed by atoms with van der Waals surface area (Å²) in [5.74, 6) is 0.212. The molecule has 0 atom stereocenters. The molecule has 0 aliphatic carbocycles. The maximum Gasteiger partial charge on any atom is 0.335 e. The highest BCUT2D eigenvalue weighted by Gasteiger charge is 2.08. The second-order valence-electron chi connectivity index (χ2n) is 4.73. The lowest BCUT2D eigenvalue weighted by Gasteiger charge is -2.11. The molecule has 0 saturated heterocycles. The fourth-order valence-corrected chi connectivity index (χ4v) is 1.96. The molecule has 0 saturated carbocycles. The van der Waals surface area contributed by atoms with Crippen LogP contribution in [0.5, 0.6) is 11.5 Å². The molecule has 0 amide bonds. The van der Waals surface area contributed by atoms with Crippen LogP contribution in [0.3, 0.4) is 0 Å². The van der Waals surface area contributed by atoms with Crippen LogP contribution in [0.2, 0.25) is 0 Å². The molecule has 124 valence electrons. The van der Waals surface area contributed by atoms with Crippen LogP contribution in [0.1, 0.15) is 15.9 Å². The van der Waals surface area contributed by atoms with E-state index in [0.717, 1.165) is 5.56 Å². The van der Waals surface area contributed by atoms with Gasteiger partial charge in [-0.05, 0) is 36.4 Å². The molecule has 2 aromatic rings. The molecule has 0 spiro atoms. The van der Waals surface area contributed by atoms with Gasteiger partial charge < -0.3 is 14.6 Å². The number of aromatic carboxylic acids is 1. The number of ether oxygens (including phenoxy) is 2. The molecule has 0 bridgehead atoms. The Balaban J connectivity index is 2.13. The highest BCUT2D eigenvalue weighted by atomic mass is 16.5. The number of methoxy groups -OCH3 is 1. The zero-order valence-corrected chi connectivity index (χ0v) is 13.2. The van der Waals surface area contributed by atoms with Gasteiger partial charge in [-0.3, -0.25) is 5.43 Å². The summed E-state index contributed by atoms with van der Waals surface area (Å²) in [5, 5.41) is 13.0. The van der Waals surface area contributed by atoms with Crippen molar-refractivity contribution >= 4 is 17.9 Å². The Kier molecular flexibility index (Phi) is 5.96. The summed E-state index contributed by atoms with van der Waals surface area (Å²) < 4.78 is 10.9. The van der Waals surface area contributed by atoms with Gasteiger partial charge in [0.1, 0.15) is 6.61 Å². The molecule has 2 aromatic carbocycles. The normalized spacial score (nSPS) is 10.4. The van der Waals surface area contributed by atoms with Gasteiger partial charge in [-0.2, -0.15) is 5.10 Å². The predicted molar refractivity (Wildman–Crippen MR) is 93.3 cm³/mol. The third-order valence-corrected chi connectivity index (χ3v) is 3.10. The standard InChI is InChI=1S/C18H18N2O4/c1-3-11-24-17-14(5-4-6-16(17)23-2)12-19-20-15-9-7-13(8-10-15)18(21)22/h3-10,12,20H,1,11H2,2H3,(H,21,22)/b19-12+. The van der Waals surface area contributed by atoms with Crippen molar-refractivity contribution in [2.45, 2.75) is 0 Å². The van der Waals surface area contributed by atoms with Gasteiger partial charge in [-0.25, -0.2) is 4.79 Å². The van der Waals surface area contributed by atoms with E-state index in [1.807, 2.05) is 12.1 Å². The second-order valence-corrected chi connectivity index (χ2v) is 4.73. The number of para-hydroxylation sites is 1. The van der Waals surface area contributed by atoms with Crippen molar-refractivity contribution in [1.82, 2.24) is 0 Å². The van der Waals surface area contributed by atoms with E-state index in [0.29, 0.717) is 23.8 Å². The first kappa shape index (κ1) is 17.1. The molecule has 6 heteroatoms. The molecule has 0 aliphatic heterocycles. The monoisotopic (exact) mass is 326 g/mol.